The highest BCUT2D eigenvalue weighted by atomic mass is 32.2. The first kappa shape index (κ1) is 23.4. The van der Waals surface area contributed by atoms with E-state index in [0.29, 0.717) is 21.6 Å². The molecule has 2 amide bonds. The van der Waals surface area contributed by atoms with Gasteiger partial charge in [-0.25, -0.2) is 14.5 Å². The third kappa shape index (κ3) is 7.20. The molecule has 1 unspecified atom stereocenters. The molecule has 10 heteroatoms. The lowest BCUT2D eigenvalue weighted by Crippen LogP contribution is -2.40. The number of nitrogens with zero attached hydrogens (tertiary/aromatic N) is 2. The van der Waals surface area contributed by atoms with Gasteiger partial charge in [0.1, 0.15) is 11.4 Å². The molecular weight excluding hydrogens is 388 g/mol. The SMILES string of the molecule is C/C(=C\CN(C(=O)O)C(=O)OC(C)(C)C)c1ccc([N+](=O)[O-])cc1C[S+](C)[O-]. The molecule has 1 rings (SSSR count). The van der Waals surface area contributed by atoms with Crippen LogP contribution in [0.2, 0.25) is 0 Å². The molecular formula is C18H24N2O7S. The summed E-state index contributed by atoms with van der Waals surface area (Å²) in [6.07, 6.45) is 0.525. The fraction of sp³-hybridized carbons (Fsp3) is 0.444. The smallest absolute Gasteiger partial charge is 0.420 e. The van der Waals surface area contributed by atoms with Crippen LogP contribution in [0, 0.1) is 10.1 Å². The molecule has 0 spiro atoms. The lowest BCUT2D eigenvalue weighted by atomic mass is 10.0. The summed E-state index contributed by atoms with van der Waals surface area (Å²) in [6, 6.07) is 4.18. The van der Waals surface area contributed by atoms with Gasteiger partial charge >= 0.3 is 12.2 Å². The van der Waals surface area contributed by atoms with Crippen molar-refractivity contribution >= 4 is 34.6 Å². The summed E-state index contributed by atoms with van der Waals surface area (Å²) in [5.41, 5.74) is 0.710. The van der Waals surface area contributed by atoms with Crippen LogP contribution in [0.4, 0.5) is 15.3 Å². The largest absolute Gasteiger partial charge is 0.616 e. The molecule has 0 fully saturated rings. The molecule has 0 aliphatic carbocycles. The summed E-state index contributed by atoms with van der Waals surface area (Å²) in [6.45, 7) is 6.29. The number of carboxylic acid groups (broad SMARTS) is 1. The van der Waals surface area contributed by atoms with Gasteiger partial charge in [-0.3, -0.25) is 10.1 Å². The molecule has 0 radical (unpaired) electrons. The minimum atomic E-state index is -1.46. The first-order valence-corrected chi connectivity index (χ1v) is 10.0. The van der Waals surface area contributed by atoms with Crippen molar-refractivity contribution in [2.75, 3.05) is 12.8 Å². The Morgan fingerprint density at radius 2 is 1.96 bits per heavy atom. The number of benzene rings is 1. The van der Waals surface area contributed by atoms with Crippen molar-refractivity contribution in [3.05, 3.63) is 45.5 Å². The standard InChI is InChI=1S/C18H24N2O7S/c1-12(8-9-19(16(21)22)17(23)27-18(2,3)4)15-7-6-14(20(24)25)10-13(15)11-28(5)26/h6-8,10H,9,11H2,1-5H3,(H,21,22)/b12-8+. The topological polar surface area (TPSA) is 133 Å². The maximum atomic E-state index is 12.1. The van der Waals surface area contributed by atoms with E-state index < -0.39 is 33.9 Å². The number of nitro benzene ring substituents is 1. The van der Waals surface area contributed by atoms with Crippen LogP contribution in [-0.2, 0) is 21.7 Å². The summed E-state index contributed by atoms with van der Waals surface area (Å²) >= 11 is -1.23. The maximum absolute atomic E-state index is 12.1. The molecule has 1 aromatic carbocycles. The predicted molar refractivity (Wildman–Crippen MR) is 105 cm³/mol. The number of rotatable bonds is 6. The van der Waals surface area contributed by atoms with Gasteiger partial charge in [-0.1, -0.05) is 17.3 Å². The second kappa shape index (κ2) is 9.56. The van der Waals surface area contributed by atoms with Crippen LogP contribution in [0.5, 0.6) is 0 Å². The fourth-order valence-electron chi connectivity index (χ4n) is 2.30. The Morgan fingerprint density at radius 3 is 2.43 bits per heavy atom. The number of amides is 2. The average Bonchev–Trinajstić information content (AvgIpc) is 2.51. The zero-order valence-corrected chi connectivity index (χ0v) is 17.2. The Labute approximate surface area is 166 Å². The normalized spacial score (nSPS) is 13.0. The average molecular weight is 412 g/mol. The molecule has 0 aliphatic rings. The van der Waals surface area contributed by atoms with Crippen LogP contribution in [0.3, 0.4) is 0 Å². The quantitative estimate of drug-likeness (QED) is 0.427. The number of non-ortho nitro benzene ring substituents is 1. The molecule has 0 bridgehead atoms. The van der Waals surface area contributed by atoms with E-state index in [4.69, 9.17) is 4.74 Å². The second-order valence-corrected chi connectivity index (χ2v) is 8.51. The molecule has 0 aromatic heterocycles. The van der Waals surface area contributed by atoms with E-state index in [1.165, 1.54) is 30.5 Å². The predicted octanol–water partition coefficient (Wildman–Crippen LogP) is 3.79. The van der Waals surface area contributed by atoms with Gasteiger partial charge in [0.15, 0.2) is 0 Å². The van der Waals surface area contributed by atoms with E-state index in [0.717, 1.165) is 0 Å². The molecule has 0 heterocycles. The zero-order valence-electron chi connectivity index (χ0n) is 16.4. The lowest BCUT2D eigenvalue weighted by molar-refractivity contribution is -0.384. The van der Waals surface area contributed by atoms with Crippen molar-refractivity contribution < 1.29 is 28.9 Å². The minimum Gasteiger partial charge on any atom is -0.616 e. The van der Waals surface area contributed by atoms with Gasteiger partial charge in [0, 0.05) is 17.7 Å². The van der Waals surface area contributed by atoms with Gasteiger partial charge in [-0.15, -0.1) is 0 Å². The monoisotopic (exact) mass is 412 g/mol. The number of nitro groups is 1. The van der Waals surface area contributed by atoms with Crippen LogP contribution >= 0.6 is 0 Å². The molecule has 0 saturated heterocycles. The number of imide groups is 1. The molecule has 1 atom stereocenters. The summed E-state index contributed by atoms with van der Waals surface area (Å²) in [4.78, 5) is 34.4. The van der Waals surface area contributed by atoms with Gasteiger partial charge in [0.2, 0.25) is 0 Å². The minimum absolute atomic E-state index is 0.108. The van der Waals surface area contributed by atoms with Crippen LogP contribution in [0.25, 0.3) is 5.57 Å². The highest BCUT2D eigenvalue weighted by molar-refractivity contribution is 7.89. The summed E-state index contributed by atoms with van der Waals surface area (Å²) in [7, 11) is 0. The maximum Gasteiger partial charge on any atom is 0.420 e. The molecule has 1 N–H and O–H groups in total. The number of ether oxygens (including phenoxy) is 1. The van der Waals surface area contributed by atoms with Gasteiger partial charge < -0.3 is 14.4 Å². The van der Waals surface area contributed by atoms with Crippen molar-refractivity contribution in [2.24, 2.45) is 0 Å². The summed E-state index contributed by atoms with van der Waals surface area (Å²) in [5, 5.41) is 20.3. The van der Waals surface area contributed by atoms with Crippen LogP contribution < -0.4 is 0 Å². The third-order valence-corrected chi connectivity index (χ3v) is 4.23. The van der Waals surface area contributed by atoms with Crippen molar-refractivity contribution in [2.45, 2.75) is 39.0 Å². The lowest BCUT2D eigenvalue weighted by Gasteiger charge is -2.23. The molecule has 0 aliphatic heterocycles. The Kier molecular flexibility index (Phi) is 8.01. The molecule has 9 nitrogen and oxygen atoms in total. The van der Waals surface area contributed by atoms with Crippen molar-refractivity contribution in [1.29, 1.82) is 0 Å². The second-order valence-electron chi connectivity index (χ2n) is 7.08. The Morgan fingerprint density at radius 1 is 1.36 bits per heavy atom. The van der Waals surface area contributed by atoms with Crippen LogP contribution in [-0.4, -0.2) is 50.1 Å². The van der Waals surface area contributed by atoms with Gasteiger partial charge in [0.05, 0.1) is 17.7 Å². The van der Waals surface area contributed by atoms with E-state index in [9.17, 15) is 29.4 Å². The zero-order chi connectivity index (χ0) is 21.6. The summed E-state index contributed by atoms with van der Waals surface area (Å²) in [5.74, 6) is 0.108. The van der Waals surface area contributed by atoms with Crippen LogP contribution in [0.15, 0.2) is 24.3 Å². The Balaban J connectivity index is 3.15. The first-order chi connectivity index (χ1) is 12.8. The first-order valence-electron chi connectivity index (χ1n) is 8.29. The molecule has 28 heavy (non-hydrogen) atoms. The fourth-order valence-corrected chi connectivity index (χ4v) is 2.98. The Hall–Kier alpha value is -2.59. The van der Waals surface area contributed by atoms with Crippen molar-refractivity contribution in [3.8, 4) is 0 Å². The number of allylic oxidation sites excluding steroid dienone is 1. The number of hydrogen-bond donors (Lipinski definition) is 1. The van der Waals surface area contributed by atoms with E-state index >= 15 is 0 Å². The molecule has 154 valence electrons. The summed E-state index contributed by atoms with van der Waals surface area (Å²) < 4.78 is 16.7. The Bertz CT molecular complexity index is 785. The number of hydrogen-bond acceptors (Lipinski definition) is 6. The highest BCUT2D eigenvalue weighted by Crippen LogP contribution is 2.25. The van der Waals surface area contributed by atoms with Gasteiger partial charge in [0.25, 0.3) is 5.69 Å². The van der Waals surface area contributed by atoms with Gasteiger partial charge in [-0.2, -0.15) is 0 Å². The van der Waals surface area contributed by atoms with E-state index in [-0.39, 0.29) is 18.0 Å². The van der Waals surface area contributed by atoms with E-state index in [1.807, 2.05) is 0 Å². The van der Waals surface area contributed by atoms with E-state index in [1.54, 1.807) is 27.7 Å². The highest BCUT2D eigenvalue weighted by Gasteiger charge is 2.26. The van der Waals surface area contributed by atoms with Crippen molar-refractivity contribution in [1.82, 2.24) is 4.90 Å². The number of carbonyl (C=O) groups excluding carboxylic acids is 1. The van der Waals surface area contributed by atoms with E-state index in [2.05, 4.69) is 0 Å². The number of carbonyl (C=O) groups is 2. The van der Waals surface area contributed by atoms with Gasteiger partial charge in [-0.05, 0) is 44.9 Å². The van der Waals surface area contributed by atoms with Crippen LogP contribution in [0.1, 0.15) is 38.8 Å². The molecule has 1 aromatic rings. The van der Waals surface area contributed by atoms with Crippen molar-refractivity contribution in [3.63, 3.8) is 0 Å². The third-order valence-electron chi connectivity index (χ3n) is 3.51. The molecule has 0 saturated carbocycles.